The summed E-state index contributed by atoms with van der Waals surface area (Å²) in [5.74, 6) is 0. The molecular formula is C16H25BrN2O. The van der Waals surface area contributed by atoms with E-state index in [1.54, 1.807) is 0 Å². The third-order valence-corrected chi connectivity index (χ3v) is 5.10. The number of nitrogens with one attached hydrogen (secondary N) is 1. The van der Waals surface area contributed by atoms with Crippen molar-refractivity contribution in [2.45, 2.75) is 51.2 Å². The van der Waals surface area contributed by atoms with Gasteiger partial charge in [-0.2, -0.15) is 0 Å². The second-order valence-electron chi connectivity index (χ2n) is 6.17. The van der Waals surface area contributed by atoms with Gasteiger partial charge in [-0.15, -0.1) is 0 Å². The van der Waals surface area contributed by atoms with Crippen LogP contribution >= 0.6 is 15.9 Å². The lowest BCUT2D eigenvalue weighted by atomic mass is 9.79. The van der Waals surface area contributed by atoms with Crippen molar-refractivity contribution in [3.8, 4) is 0 Å². The van der Waals surface area contributed by atoms with E-state index in [1.807, 2.05) is 0 Å². The zero-order chi connectivity index (χ0) is 14.8. The van der Waals surface area contributed by atoms with Crippen molar-refractivity contribution in [3.63, 3.8) is 0 Å². The number of nitrogens with two attached hydrogens (primary N) is 1. The molecule has 112 valence electrons. The number of rotatable bonds is 4. The summed E-state index contributed by atoms with van der Waals surface area (Å²) in [6.45, 7) is 7.84. The topological polar surface area (TPSA) is 47.3 Å². The summed E-state index contributed by atoms with van der Waals surface area (Å²) in [6, 6.07) is 6.35. The molecule has 4 heteroatoms. The molecule has 0 aliphatic carbocycles. The van der Waals surface area contributed by atoms with Crippen molar-refractivity contribution in [2.24, 2.45) is 5.73 Å². The molecule has 1 fully saturated rings. The zero-order valence-electron chi connectivity index (χ0n) is 12.6. The van der Waals surface area contributed by atoms with Gasteiger partial charge in [0.15, 0.2) is 0 Å². The van der Waals surface area contributed by atoms with E-state index in [0.29, 0.717) is 6.54 Å². The summed E-state index contributed by atoms with van der Waals surface area (Å²) < 4.78 is 7.04. The van der Waals surface area contributed by atoms with Crippen molar-refractivity contribution >= 4 is 21.6 Å². The van der Waals surface area contributed by atoms with Crippen LogP contribution in [0.15, 0.2) is 22.7 Å². The number of ether oxygens (including phenoxy) is 1. The van der Waals surface area contributed by atoms with Crippen LogP contribution in [0, 0.1) is 6.92 Å². The fourth-order valence-corrected chi connectivity index (χ4v) is 3.27. The Bertz CT molecular complexity index is 480. The number of halogens is 1. The van der Waals surface area contributed by atoms with Crippen molar-refractivity contribution in [3.05, 3.63) is 28.2 Å². The Morgan fingerprint density at radius 2 is 2.20 bits per heavy atom. The predicted molar refractivity (Wildman–Crippen MR) is 88.2 cm³/mol. The maximum absolute atomic E-state index is 6.12. The first-order chi connectivity index (χ1) is 9.42. The van der Waals surface area contributed by atoms with E-state index < -0.39 is 0 Å². The molecule has 3 nitrogen and oxygen atoms in total. The van der Waals surface area contributed by atoms with Crippen molar-refractivity contribution in [2.75, 3.05) is 18.5 Å². The summed E-state index contributed by atoms with van der Waals surface area (Å²) in [4.78, 5) is 0. The van der Waals surface area contributed by atoms with E-state index in [9.17, 15) is 0 Å². The first-order valence-corrected chi connectivity index (χ1v) is 8.10. The summed E-state index contributed by atoms with van der Waals surface area (Å²) in [7, 11) is 0. The molecule has 0 aromatic heterocycles. The molecule has 0 spiro atoms. The minimum absolute atomic E-state index is 0.0824. The highest BCUT2D eigenvalue weighted by molar-refractivity contribution is 9.10. The third kappa shape index (κ3) is 3.35. The number of aryl methyl sites for hydroxylation is 1. The maximum Gasteiger partial charge on any atom is 0.0674 e. The number of hydrogen-bond acceptors (Lipinski definition) is 3. The largest absolute Gasteiger partial charge is 0.377 e. The highest BCUT2D eigenvalue weighted by Gasteiger charge is 2.41. The molecule has 0 amide bonds. The van der Waals surface area contributed by atoms with Gasteiger partial charge in [-0.05, 0) is 60.3 Å². The molecule has 3 N–H and O–H groups in total. The fraction of sp³-hybridized carbons (Fsp3) is 0.625. The molecule has 1 aliphatic heterocycles. The Balaban J connectivity index is 2.25. The van der Waals surface area contributed by atoms with Gasteiger partial charge >= 0.3 is 0 Å². The van der Waals surface area contributed by atoms with Crippen LogP contribution in [0.4, 0.5) is 5.69 Å². The molecule has 0 radical (unpaired) electrons. The van der Waals surface area contributed by atoms with Gasteiger partial charge in [-0.3, -0.25) is 0 Å². The lowest BCUT2D eigenvalue weighted by Crippen LogP contribution is -2.55. The standard InChI is InChI=1S/C16H25BrN2O/c1-4-15(3)10-16(11-18,7-8-20-15)19-14-9-12(2)5-6-13(14)17/h5-6,9,19H,4,7-8,10-11,18H2,1-3H3. The van der Waals surface area contributed by atoms with Gasteiger partial charge in [-0.25, -0.2) is 0 Å². The van der Waals surface area contributed by atoms with Crippen LogP contribution < -0.4 is 11.1 Å². The third-order valence-electron chi connectivity index (χ3n) is 4.40. The molecular weight excluding hydrogens is 316 g/mol. The summed E-state index contributed by atoms with van der Waals surface area (Å²) in [5, 5.41) is 3.69. The fourth-order valence-electron chi connectivity index (χ4n) is 2.93. The van der Waals surface area contributed by atoms with Crippen molar-refractivity contribution in [1.82, 2.24) is 0 Å². The highest BCUT2D eigenvalue weighted by Crippen LogP contribution is 2.37. The van der Waals surface area contributed by atoms with E-state index in [1.165, 1.54) is 5.56 Å². The summed E-state index contributed by atoms with van der Waals surface area (Å²) in [5.41, 5.74) is 8.32. The zero-order valence-corrected chi connectivity index (χ0v) is 14.2. The van der Waals surface area contributed by atoms with Crippen LogP contribution in [-0.2, 0) is 4.74 Å². The first kappa shape index (κ1) is 15.8. The van der Waals surface area contributed by atoms with Crippen LogP contribution in [0.3, 0.4) is 0 Å². The van der Waals surface area contributed by atoms with Gasteiger partial charge in [0, 0.05) is 29.7 Å². The molecule has 1 aromatic carbocycles. The van der Waals surface area contributed by atoms with E-state index in [2.05, 4.69) is 60.2 Å². The number of anilines is 1. The molecule has 0 saturated carbocycles. The van der Waals surface area contributed by atoms with Crippen LogP contribution in [0.1, 0.15) is 38.7 Å². The Kier molecular flexibility index (Phi) is 4.77. The minimum atomic E-state index is -0.0840. The van der Waals surface area contributed by atoms with E-state index >= 15 is 0 Å². The van der Waals surface area contributed by atoms with Gasteiger partial charge in [-0.1, -0.05) is 13.0 Å². The van der Waals surface area contributed by atoms with Crippen LogP contribution in [-0.4, -0.2) is 24.3 Å². The van der Waals surface area contributed by atoms with E-state index in [-0.39, 0.29) is 11.1 Å². The van der Waals surface area contributed by atoms with Gasteiger partial charge < -0.3 is 15.8 Å². The molecule has 20 heavy (non-hydrogen) atoms. The van der Waals surface area contributed by atoms with Gasteiger partial charge in [0.25, 0.3) is 0 Å². The first-order valence-electron chi connectivity index (χ1n) is 7.30. The average Bonchev–Trinajstić information content (AvgIpc) is 2.43. The normalized spacial score (nSPS) is 30.2. The lowest BCUT2D eigenvalue weighted by Gasteiger charge is -2.46. The Morgan fingerprint density at radius 1 is 1.45 bits per heavy atom. The Hall–Kier alpha value is -0.580. The summed E-state index contributed by atoms with van der Waals surface area (Å²) in [6.07, 6.45) is 2.89. The quantitative estimate of drug-likeness (QED) is 0.875. The maximum atomic E-state index is 6.12. The van der Waals surface area contributed by atoms with Crippen LogP contribution in [0.5, 0.6) is 0 Å². The second-order valence-corrected chi connectivity index (χ2v) is 7.03. The molecule has 2 rings (SSSR count). The van der Waals surface area contributed by atoms with E-state index in [0.717, 1.165) is 36.0 Å². The predicted octanol–water partition coefficient (Wildman–Crippen LogP) is 3.85. The van der Waals surface area contributed by atoms with Gasteiger partial charge in [0.1, 0.15) is 0 Å². The van der Waals surface area contributed by atoms with Crippen LogP contribution in [0.25, 0.3) is 0 Å². The minimum Gasteiger partial charge on any atom is -0.377 e. The molecule has 2 atom stereocenters. The SMILES string of the molecule is CCC1(C)CC(CN)(Nc2cc(C)ccc2Br)CCO1. The molecule has 1 saturated heterocycles. The van der Waals surface area contributed by atoms with Crippen molar-refractivity contribution < 1.29 is 4.74 Å². The summed E-state index contributed by atoms with van der Waals surface area (Å²) >= 11 is 3.62. The Morgan fingerprint density at radius 3 is 2.85 bits per heavy atom. The van der Waals surface area contributed by atoms with Crippen LogP contribution in [0.2, 0.25) is 0 Å². The second kappa shape index (κ2) is 6.04. The van der Waals surface area contributed by atoms with Gasteiger partial charge in [0.05, 0.1) is 11.1 Å². The molecule has 1 heterocycles. The van der Waals surface area contributed by atoms with Crippen molar-refractivity contribution in [1.29, 1.82) is 0 Å². The molecule has 1 aliphatic rings. The molecule has 1 aromatic rings. The highest BCUT2D eigenvalue weighted by atomic mass is 79.9. The lowest BCUT2D eigenvalue weighted by molar-refractivity contribution is -0.0882. The average molecular weight is 341 g/mol. The number of hydrogen-bond donors (Lipinski definition) is 2. The molecule has 0 bridgehead atoms. The van der Waals surface area contributed by atoms with Gasteiger partial charge in [0.2, 0.25) is 0 Å². The van der Waals surface area contributed by atoms with E-state index in [4.69, 9.17) is 10.5 Å². The Labute approximate surface area is 130 Å². The monoisotopic (exact) mass is 340 g/mol. The molecule has 2 unspecified atom stereocenters. The number of benzene rings is 1. The smallest absolute Gasteiger partial charge is 0.0674 e.